The van der Waals surface area contributed by atoms with Crippen LogP contribution in [0.5, 0.6) is 0 Å². The number of furan rings is 1. The Morgan fingerprint density at radius 1 is 1.00 bits per heavy atom. The van der Waals surface area contributed by atoms with Crippen LogP contribution in [-0.2, 0) is 17.9 Å². The second kappa shape index (κ2) is 9.25. The summed E-state index contributed by atoms with van der Waals surface area (Å²) in [4.78, 5) is 14.9. The van der Waals surface area contributed by atoms with Gasteiger partial charge >= 0.3 is 0 Å². The molecule has 2 aromatic carbocycles. The van der Waals surface area contributed by atoms with Crippen molar-refractivity contribution in [3.63, 3.8) is 0 Å². The first-order chi connectivity index (χ1) is 14.3. The molecule has 7 heteroatoms. The van der Waals surface area contributed by atoms with Gasteiger partial charge in [0.2, 0.25) is 5.91 Å². The van der Waals surface area contributed by atoms with Gasteiger partial charge in [-0.3, -0.25) is 4.79 Å². The lowest BCUT2D eigenvalue weighted by Crippen LogP contribution is -2.32. The van der Waals surface area contributed by atoms with Crippen molar-refractivity contribution in [3.8, 4) is 0 Å². The summed E-state index contributed by atoms with van der Waals surface area (Å²) in [5.74, 6) is 1.09. The lowest BCUT2D eigenvalue weighted by atomic mass is 10.2. The molecule has 4 aromatic rings. The Bertz CT molecular complexity index is 1030. The molecular weight excluding hydrogens is 384 g/mol. The van der Waals surface area contributed by atoms with E-state index in [1.807, 2.05) is 77.4 Å². The summed E-state index contributed by atoms with van der Waals surface area (Å²) in [5.41, 5.74) is 1.95. The van der Waals surface area contributed by atoms with E-state index in [9.17, 15) is 4.79 Å². The topological polar surface area (TPSA) is 64.2 Å². The zero-order valence-electron chi connectivity index (χ0n) is 15.7. The molecule has 0 N–H and O–H groups in total. The van der Waals surface area contributed by atoms with Crippen molar-refractivity contribution in [2.24, 2.45) is 0 Å². The monoisotopic (exact) mass is 404 g/mol. The van der Waals surface area contributed by atoms with Crippen LogP contribution in [0.3, 0.4) is 0 Å². The molecular formula is C22H20N4O2S. The molecule has 146 valence electrons. The number of nitrogens with zero attached hydrogens (tertiary/aromatic N) is 4. The number of carbonyl (C=O) groups excluding carboxylic acids is 1. The summed E-state index contributed by atoms with van der Waals surface area (Å²) in [7, 11) is 0. The number of aromatic nitrogens is 3. The Kier molecular flexibility index (Phi) is 6.07. The van der Waals surface area contributed by atoms with Gasteiger partial charge in [0.25, 0.3) is 0 Å². The SMILES string of the molecule is O=C(CSc1nncn1Cc1ccco1)N(Cc1ccccc1)c1ccccc1. The van der Waals surface area contributed by atoms with Crippen molar-refractivity contribution in [2.75, 3.05) is 10.7 Å². The predicted molar refractivity (Wildman–Crippen MR) is 113 cm³/mol. The lowest BCUT2D eigenvalue weighted by Gasteiger charge is -2.23. The van der Waals surface area contributed by atoms with Gasteiger partial charge in [-0.25, -0.2) is 0 Å². The number of amides is 1. The molecule has 0 aliphatic rings. The average Bonchev–Trinajstić information content (AvgIpc) is 3.44. The third kappa shape index (κ3) is 4.94. The maximum Gasteiger partial charge on any atom is 0.237 e. The first-order valence-electron chi connectivity index (χ1n) is 9.22. The van der Waals surface area contributed by atoms with Crippen LogP contribution in [0.4, 0.5) is 5.69 Å². The molecule has 6 nitrogen and oxygen atoms in total. The molecule has 0 radical (unpaired) electrons. The van der Waals surface area contributed by atoms with E-state index in [0.717, 1.165) is 17.0 Å². The number of carbonyl (C=O) groups is 1. The van der Waals surface area contributed by atoms with Crippen LogP contribution in [0.2, 0.25) is 0 Å². The van der Waals surface area contributed by atoms with Crippen LogP contribution >= 0.6 is 11.8 Å². The van der Waals surface area contributed by atoms with Crippen molar-refractivity contribution >= 4 is 23.4 Å². The summed E-state index contributed by atoms with van der Waals surface area (Å²) in [6, 6.07) is 23.4. The third-order valence-electron chi connectivity index (χ3n) is 4.36. The quantitative estimate of drug-likeness (QED) is 0.411. The molecule has 0 spiro atoms. The molecule has 2 heterocycles. The number of anilines is 1. The van der Waals surface area contributed by atoms with Gasteiger partial charge in [-0.2, -0.15) is 0 Å². The summed E-state index contributed by atoms with van der Waals surface area (Å²) in [5, 5.41) is 8.81. The number of thioether (sulfide) groups is 1. The van der Waals surface area contributed by atoms with Gasteiger partial charge in [0, 0.05) is 5.69 Å². The van der Waals surface area contributed by atoms with Gasteiger partial charge < -0.3 is 13.9 Å². The molecule has 0 saturated carbocycles. The normalized spacial score (nSPS) is 10.8. The van der Waals surface area contributed by atoms with E-state index in [4.69, 9.17) is 4.42 Å². The van der Waals surface area contributed by atoms with Crippen LogP contribution in [0.1, 0.15) is 11.3 Å². The Labute approximate surface area is 173 Å². The molecule has 0 aliphatic heterocycles. The van der Waals surface area contributed by atoms with E-state index in [0.29, 0.717) is 18.2 Å². The fourth-order valence-electron chi connectivity index (χ4n) is 2.94. The largest absolute Gasteiger partial charge is 0.467 e. The maximum atomic E-state index is 13.1. The van der Waals surface area contributed by atoms with Crippen molar-refractivity contribution in [2.45, 2.75) is 18.2 Å². The second-order valence-electron chi connectivity index (χ2n) is 6.41. The summed E-state index contributed by atoms with van der Waals surface area (Å²) >= 11 is 1.37. The van der Waals surface area contributed by atoms with Crippen LogP contribution in [0, 0.1) is 0 Å². The highest BCUT2D eigenvalue weighted by Gasteiger charge is 2.18. The molecule has 0 saturated heterocycles. The maximum absolute atomic E-state index is 13.1. The van der Waals surface area contributed by atoms with Gasteiger partial charge in [-0.05, 0) is 29.8 Å². The Balaban J connectivity index is 1.47. The van der Waals surface area contributed by atoms with E-state index < -0.39 is 0 Å². The second-order valence-corrected chi connectivity index (χ2v) is 7.35. The molecule has 0 bridgehead atoms. The first-order valence-corrected chi connectivity index (χ1v) is 10.2. The van der Waals surface area contributed by atoms with E-state index in [-0.39, 0.29) is 11.7 Å². The van der Waals surface area contributed by atoms with E-state index >= 15 is 0 Å². The van der Waals surface area contributed by atoms with Crippen LogP contribution in [0.15, 0.2) is 95.0 Å². The fraction of sp³-hybridized carbons (Fsp3) is 0.136. The van der Waals surface area contributed by atoms with Crippen LogP contribution < -0.4 is 4.90 Å². The summed E-state index contributed by atoms with van der Waals surface area (Å²) in [6.07, 6.45) is 3.28. The lowest BCUT2D eigenvalue weighted by molar-refractivity contribution is -0.116. The standard InChI is InChI=1S/C22H20N4O2S/c27-21(16-29-22-24-23-17-25(22)15-20-12-7-13-28-20)26(19-10-5-2-6-11-19)14-18-8-3-1-4-9-18/h1-13,17H,14-16H2. The average molecular weight is 404 g/mol. The smallest absolute Gasteiger partial charge is 0.237 e. The zero-order valence-corrected chi connectivity index (χ0v) is 16.5. The highest BCUT2D eigenvalue weighted by molar-refractivity contribution is 7.99. The Morgan fingerprint density at radius 2 is 1.76 bits per heavy atom. The van der Waals surface area contributed by atoms with Crippen molar-refractivity contribution < 1.29 is 9.21 Å². The molecule has 4 rings (SSSR count). The van der Waals surface area contributed by atoms with Crippen LogP contribution in [0.25, 0.3) is 0 Å². The summed E-state index contributed by atoms with van der Waals surface area (Å²) < 4.78 is 7.26. The molecule has 0 fully saturated rings. The number of para-hydroxylation sites is 1. The van der Waals surface area contributed by atoms with Crippen LogP contribution in [-0.4, -0.2) is 26.4 Å². The Hall–Kier alpha value is -3.32. The Morgan fingerprint density at radius 3 is 2.48 bits per heavy atom. The fourth-order valence-corrected chi connectivity index (χ4v) is 3.73. The minimum absolute atomic E-state index is 0.0117. The van der Waals surface area contributed by atoms with Crippen molar-refractivity contribution in [3.05, 3.63) is 96.7 Å². The number of hydrogen-bond acceptors (Lipinski definition) is 5. The minimum Gasteiger partial charge on any atom is -0.467 e. The number of benzene rings is 2. The van der Waals surface area contributed by atoms with E-state index in [1.54, 1.807) is 17.5 Å². The third-order valence-corrected chi connectivity index (χ3v) is 5.33. The molecule has 0 atom stereocenters. The van der Waals surface area contributed by atoms with Gasteiger partial charge in [-0.15, -0.1) is 10.2 Å². The van der Waals surface area contributed by atoms with Gasteiger partial charge in [0.05, 0.1) is 25.1 Å². The zero-order chi connectivity index (χ0) is 19.9. The first kappa shape index (κ1) is 19.0. The number of rotatable bonds is 8. The summed E-state index contributed by atoms with van der Waals surface area (Å²) in [6.45, 7) is 1.05. The highest BCUT2D eigenvalue weighted by Crippen LogP contribution is 2.21. The van der Waals surface area contributed by atoms with Crippen molar-refractivity contribution in [1.82, 2.24) is 14.8 Å². The number of hydrogen-bond donors (Lipinski definition) is 0. The molecule has 2 aromatic heterocycles. The molecule has 0 unspecified atom stereocenters. The highest BCUT2D eigenvalue weighted by atomic mass is 32.2. The van der Waals surface area contributed by atoms with E-state index in [1.165, 1.54) is 11.8 Å². The van der Waals surface area contributed by atoms with E-state index in [2.05, 4.69) is 10.2 Å². The molecule has 0 aliphatic carbocycles. The predicted octanol–water partition coefficient (Wildman–Crippen LogP) is 4.24. The van der Waals surface area contributed by atoms with Crippen molar-refractivity contribution in [1.29, 1.82) is 0 Å². The van der Waals surface area contributed by atoms with Gasteiger partial charge in [-0.1, -0.05) is 60.3 Å². The van der Waals surface area contributed by atoms with Gasteiger partial charge in [0.15, 0.2) is 5.16 Å². The molecule has 29 heavy (non-hydrogen) atoms. The molecule has 1 amide bonds. The minimum atomic E-state index is 0.0117. The van der Waals surface area contributed by atoms with Gasteiger partial charge in [0.1, 0.15) is 12.1 Å².